The average molecular weight is 301 g/mol. The number of nitrogens with one attached hydrogen (secondary N) is 1. The van der Waals surface area contributed by atoms with E-state index in [2.05, 4.69) is 9.88 Å². The molecular formula is C17H23N3O2. The molecule has 0 amide bonds. The molecule has 2 aromatic heterocycles. The van der Waals surface area contributed by atoms with Gasteiger partial charge in [-0.25, -0.2) is 4.98 Å². The van der Waals surface area contributed by atoms with Crippen molar-refractivity contribution in [3.8, 4) is 0 Å². The summed E-state index contributed by atoms with van der Waals surface area (Å²) < 4.78 is 5.64. The van der Waals surface area contributed by atoms with Crippen LogP contribution in [-0.4, -0.2) is 26.5 Å². The number of furan rings is 1. The SMILES string of the molecule is OCc1ccc(CN2CCC[C@@H]2c2nc3c([nH]2)CCCC3)o1. The molecule has 0 radical (unpaired) electrons. The quantitative estimate of drug-likeness (QED) is 0.911. The van der Waals surface area contributed by atoms with Crippen molar-refractivity contribution in [3.05, 3.63) is 40.9 Å². The van der Waals surface area contributed by atoms with Crippen LogP contribution in [0.1, 0.15) is 60.5 Å². The van der Waals surface area contributed by atoms with E-state index in [1.165, 1.54) is 30.7 Å². The Balaban J connectivity index is 1.51. The molecule has 3 heterocycles. The average Bonchev–Trinajstić information content (AvgIpc) is 3.25. The summed E-state index contributed by atoms with van der Waals surface area (Å²) >= 11 is 0. The number of H-pyrrole nitrogens is 1. The van der Waals surface area contributed by atoms with Gasteiger partial charge in [-0.3, -0.25) is 4.90 Å². The minimum Gasteiger partial charge on any atom is -0.462 e. The first-order chi connectivity index (χ1) is 10.8. The number of rotatable bonds is 4. The Kier molecular flexibility index (Phi) is 3.76. The van der Waals surface area contributed by atoms with Crippen molar-refractivity contribution in [2.45, 2.75) is 57.7 Å². The van der Waals surface area contributed by atoms with Crippen LogP contribution in [0.25, 0.3) is 0 Å². The predicted molar refractivity (Wildman–Crippen MR) is 82.2 cm³/mol. The van der Waals surface area contributed by atoms with Crippen LogP contribution in [0.4, 0.5) is 0 Å². The van der Waals surface area contributed by atoms with Crippen LogP contribution in [0.15, 0.2) is 16.5 Å². The Bertz CT molecular complexity index is 623. The normalized spacial score (nSPS) is 22.1. The largest absolute Gasteiger partial charge is 0.462 e. The summed E-state index contributed by atoms with van der Waals surface area (Å²) in [6.07, 6.45) is 7.16. The predicted octanol–water partition coefficient (Wildman–Crippen LogP) is 2.71. The maximum absolute atomic E-state index is 9.11. The highest BCUT2D eigenvalue weighted by atomic mass is 16.4. The minimum atomic E-state index is -0.0334. The number of hydrogen-bond acceptors (Lipinski definition) is 4. The molecule has 4 rings (SSSR count). The zero-order valence-corrected chi connectivity index (χ0v) is 12.8. The Morgan fingerprint density at radius 1 is 1.23 bits per heavy atom. The van der Waals surface area contributed by atoms with Crippen molar-refractivity contribution in [2.24, 2.45) is 0 Å². The molecule has 2 aliphatic rings. The van der Waals surface area contributed by atoms with E-state index in [1.54, 1.807) is 0 Å². The highest BCUT2D eigenvalue weighted by molar-refractivity contribution is 5.20. The van der Waals surface area contributed by atoms with E-state index in [-0.39, 0.29) is 6.61 Å². The third-order valence-electron chi connectivity index (χ3n) is 4.88. The molecule has 1 aliphatic carbocycles. The molecule has 0 unspecified atom stereocenters. The van der Waals surface area contributed by atoms with E-state index in [9.17, 15) is 0 Å². The van der Waals surface area contributed by atoms with Gasteiger partial charge in [-0.1, -0.05) is 0 Å². The summed E-state index contributed by atoms with van der Waals surface area (Å²) in [7, 11) is 0. The molecule has 2 aromatic rings. The van der Waals surface area contributed by atoms with Gasteiger partial charge >= 0.3 is 0 Å². The lowest BCUT2D eigenvalue weighted by Gasteiger charge is -2.21. The maximum atomic E-state index is 9.11. The van der Waals surface area contributed by atoms with Gasteiger partial charge in [0, 0.05) is 5.69 Å². The van der Waals surface area contributed by atoms with Crippen molar-refractivity contribution < 1.29 is 9.52 Å². The molecular weight excluding hydrogens is 278 g/mol. The minimum absolute atomic E-state index is 0.0334. The second-order valence-electron chi connectivity index (χ2n) is 6.41. The van der Waals surface area contributed by atoms with E-state index in [1.807, 2.05) is 12.1 Å². The third-order valence-corrected chi connectivity index (χ3v) is 4.88. The van der Waals surface area contributed by atoms with E-state index in [0.717, 1.165) is 43.9 Å². The van der Waals surface area contributed by atoms with Gasteiger partial charge < -0.3 is 14.5 Å². The first-order valence-electron chi connectivity index (χ1n) is 8.33. The smallest absolute Gasteiger partial charge is 0.129 e. The molecule has 5 heteroatoms. The molecule has 5 nitrogen and oxygen atoms in total. The highest BCUT2D eigenvalue weighted by Gasteiger charge is 2.30. The second kappa shape index (κ2) is 5.89. The van der Waals surface area contributed by atoms with Crippen LogP contribution in [0.5, 0.6) is 0 Å². The van der Waals surface area contributed by atoms with Crippen LogP contribution in [0.2, 0.25) is 0 Å². The fraction of sp³-hybridized carbons (Fsp3) is 0.588. The zero-order valence-electron chi connectivity index (χ0n) is 12.8. The lowest BCUT2D eigenvalue weighted by molar-refractivity contribution is 0.206. The van der Waals surface area contributed by atoms with Gasteiger partial charge in [0.05, 0.1) is 18.3 Å². The van der Waals surface area contributed by atoms with Gasteiger partial charge in [-0.2, -0.15) is 0 Å². The molecule has 22 heavy (non-hydrogen) atoms. The number of aromatic nitrogens is 2. The topological polar surface area (TPSA) is 65.3 Å². The first-order valence-corrected chi connectivity index (χ1v) is 8.33. The van der Waals surface area contributed by atoms with Gasteiger partial charge in [-0.05, 0) is 57.2 Å². The number of fused-ring (bicyclic) bond motifs is 1. The number of aryl methyl sites for hydroxylation is 2. The second-order valence-corrected chi connectivity index (χ2v) is 6.41. The van der Waals surface area contributed by atoms with Gasteiger partial charge in [0.15, 0.2) is 0 Å². The number of aromatic amines is 1. The van der Waals surface area contributed by atoms with Gasteiger partial charge in [0.1, 0.15) is 24.0 Å². The van der Waals surface area contributed by atoms with Crippen molar-refractivity contribution in [3.63, 3.8) is 0 Å². The lowest BCUT2D eigenvalue weighted by atomic mass is 10.0. The number of imidazole rings is 1. The number of aliphatic hydroxyl groups excluding tert-OH is 1. The Labute approximate surface area is 130 Å². The van der Waals surface area contributed by atoms with Crippen molar-refractivity contribution in [1.29, 1.82) is 0 Å². The molecule has 0 saturated carbocycles. The van der Waals surface area contributed by atoms with Gasteiger partial charge in [-0.15, -0.1) is 0 Å². The monoisotopic (exact) mass is 301 g/mol. The molecule has 1 fully saturated rings. The van der Waals surface area contributed by atoms with Gasteiger partial charge in [0.2, 0.25) is 0 Å². The lowest BCUT2D eigenvalue weighted by Crippen LogP contribution is -2.23. The maximum Gasteiger partial charge on any atom is 0.129 e. The van der Waals surface area contributed by atoms with Gasteiger partial charge in [0.25, 0.3) is 0 Å². The number of hydrogen-bond donors (Lipinski definition) is 2. The molecule has 1 saturated heterocycles. The van der Waals surface area contributed by atoms with Crippen LogP contribution in [0, 0.1) is 0 Å². The van der Waals surface area contributed by atoms with E-state index in [0.29, 0.717) is 11.8 Å². The molecule has 118 valence electrons. The first kappa shape index (κ1) is 14.0. The number of aliphatic hydroxyl groups is 1. The summed E-state index contributed by atoms with van der Waals surface area (Å²) in [5, 5.41) is 9.11. The van der Waals surface area contributed by atoms with Crippen molar-refractivity contribution >= 4 is 0 Å². The zero-order chi connectivity index (χ0) is 14.9. The van der Waals surface area contributed by atoms with E-state index in [4.69, 9.17) is 14.5 Å². The molecule has 0 aromatic carbocycles. The Hall–Kier alpha value is -1.59. The summed E-state index contributed by atoms with van der Waals surface area (Å²) in [5.41, 5.74) is 2.64. The molecule has 1 atom stereocenters. The van der Waals surface area contributed by atoms with Crippen LogP contribution in [0.3, 0.4) is 0 Å². The standard InChI is InChI=1S/C17H23N3O2/c21-11-13-8-7-12(22-13)10-20-9-3-6-16(20)17-18-14-4-1-2-5-15(14)19-17/h7-8,16,21H,1-6,9-11H2,(H,18,19)/t16-/m1/s1. The highest BCUT2D eigenvalue weighted by Crippen LogP contribution is 2.33. The number of likely N-dealkylation sites (tertiary alicyclic amines) is 1. The molecule has 0 bridgehead atoms. The van der Waals surface area contributed by atoms with E-state index >= 15 is 0 Å². The fourth-order valence-electron chi connectivity index (χ4n) is 3.75. The summed E-state index contributed by atoms with van der Waals surface area (Å²) in [4.78, 5) is 10.9. The van der Waals surface area contributed by atoms with Crippen LogP contribution in [-0.2, 0) is 26.0 Å². The molecule has 0 spiro atoms. The van der Waals surface area contributed by atoms with Crippen molar-refractivity contribution in [1.82, 2.24) is 14.9 Å². The Morgan fingerprint density at radius 3 is 2.91 bits per heavy atom. The van der Waals surface area contributed by atoms with Crippen LogP contribution >= 0.6 is 0 Å². The molecule has 2 N–H and O–H groups in total. The van der Waals surface area contributed by atoms with Crippen molar-refractivity contribution in [2.75, 3.05) is 6.54 Å². The molecule has 1 aliphatic heterocycles. The van der Waals surface area contributed by atoms with E-state index < -0.39 is 0 Å². The summed E-state index contributed by atoms with van der Waals surface area (Å²) in [6, 6.07) is 4.19. The third kappa shape index (κ3) is 2.59. The summed E-state index contributed by atoms with van der Waals surface area (Å²) in [6.45, 7) is 1.83. The Morgan fingerprint density at radius 2 is 2.09 bits per heavy atom. The fourth-order valence-corrected chi connectivity index (χ4v) is 3.75. The summed E-state index contributed by atoms with van der Waals surface area (Å²) in [5.74, 6) is 2.70. The number of nitrogens with zero attached hydrogens (tertiary/aromatic N) is 2. The van der Waals surface area contributed by atoms with Crippen LogP contribution < -0.4 is 0 Å².